The number of benzene rings is 2. The number of hydrogen-bond acceptors (Lipinski definition) is 4. The molecule has 0 saturated carbocycles. The van der Waals surface area contributed by atoms with Gasteiger partial charge in [-0.1, -0.05) is 113 Å². The molecule has 0 unspecified atom stereocenters. The van der Waals surface area contributed by atoms with E-state index >= 15 is 0 Å². The molecule has 7 heteroatoms. The van der Waals surface area contributed by atoms with Gasteiger partial charge in [-0.25, -0.2) is 0 Å². The Morgan fingerprint density at radius 1 is 0.900 bits per heavy atom. The van der Waals surface area contributed by atoms with Crippen molar-refractivity contribution in [2.75, 3.05) is 19.0 Å². The van der Waals surface area contributed by atoms with Crippen molar-refractivity contribution in [3.8, 4) is 11.5 Å². The first-order valence-electron chi connectivity index (χ1n) is 14.8. The van der Waals surface area contributed by atoms with Gasteiger partial charge in [0.1, 0.15) is 0 Å². The minimum atomic E-state index is -0.0706. The molecule has 1 amide bonds. The molecular formula is C33H47BrN2O3S. The van der Waals surface area contributed by atoms with Crippen LogP contribution >= 0.6 is 11.3 Å². The van der Waals surface area contributed by atoms with Gasteiger partial charge in [-0.3, -0.25) is 4.79 Å². The average molecular weight is 632 g/mol. The lowest BCUT2D eigenvalue weighted by Gasteiger charge is -2.15. The zero-order valence-corrected chi connectivity index (χ0v) is 26.7. The first-order chi connectivity index (χ1) is 19.2. The lowest BCUT2D eigenvalue weighted by atomic mass is 10.1. The molecule has 2 aromatic carbocycles. The lowest BCUT2D eigenvalue weighted by molar-refractivity contribution is -0.683. The Hall–Kier alpha value is -2.38. The summed E-state index contributed by atoms with van der Waals surface area (Å²) in [7, 11) is 1.65. The maximum absolute atomic E-state index is 12.9. The van der Waals surface area contributed by atoms with Crippen LogP contribution in [0.15, 0.2) is 59.6 Å². The molecule has 40 heavy (non-hydrogen) atoms. The van der Waals surface area contributed by atoms with Gasteiger partial charge >= 0.3 is 0 Å². The number of amides is 1. The van der Waals surface area contributed by atoms with Gasteiger partial charge in [-0.2, -0.15) is 4.57 Å². The quantitative estimate of drug-likeness (QED) is 0.135. The Labute approximate surface area is 256 Å². The molecule has 0 aliphatic rings. The summed E-state index contributed by atoms with van der Waals surface area (Å²) in [6.07, 6.45) is 18.0. The SMILES string of the molecule is CCCCCCCCCCCCCCOc1c(CC(=O)Nc2cccc(C[n+]3ccsc3)c2)cccc1OC.[Br-]. The molecular weight excluding hydrogens is 584 g/mol. The fraction of sp³-hybridized carbons (Fsp3) is 0.515. The van der Waals surface area contributed by atoms with E-state index in [1.807, 2.05) is 36.4 Å². The number of thiazole rings is 1. The number of nitrogens with one attached hydrogen (secondary N) is 1. The average Bonchev–Trinajstić information content (AvgIpc) is 3.45. The monoisotopic (exact) mass is 630 g/mol. The van der Waals surface area contributed by atoms with Gasteiger partial charge < -0.3 is 31.8 Å². The molecule has 0 spiro atoms. The zero-order chi connectivity index (χ0) is 27.5. The van der Waals surface area contributed by atoms with Crippen molar-refractivity contribution in [1.29, 1.82) is 0 Å². The molecule has 0 bridgehead atoms. The van der Waals surface area contributed by atoms with Crippen LogP contribution < -0.4 is 36.3 Å². The third-order valence-corrected chi connectivity index (χ3v) is 7.65. The van der Waals surface area contributed by atoms with Crippen molar-refractivity contribution in [3.05, 3.63) is 70.7 Å². The van der Waals surface area contributed by atoms with E-state index < -0.39 is 0 Å². The number of carbonyl (C=O) groups is 1. The fourth-order valence-corrected chi connectivity index (χ4v) is 5.43. The van der Waals surface area contributed by atoms with Gasteiger partial charge in [0.05, 0.1) is 25.5 Å². The highest BCUT2D eigenvalue weighted by molar-refractivity contribution is 7.07. The second-order valence-corrected chi connectivity index (χ2v) is 11.1. The summed E-state index contributed by atoms with van der Waals surface area (Å²) >= 11 is 1.67. The maximum Gasteiger partial charge on any atom is 0.228 e. The third-order valence-electron chi connectivity index (χ3n) is 6.98. The van der Waals surface area contributed by atoms with Crippen molar-refractivity contribution < 1.29 is 35.8 Å². The van der Waals surface area contributed by atoms with E-state index in [9.17, 15) is 4.79 Å². The molecule has 0 fully saturated rings. The van der Waals surface area contributed by atoms with Gasteiger partial charge in [0.25, 0.3) is 0 Å². The van der Waals surface area contributed by atoms with Crippen LogP contribution in [-0.4, -0.2) is 19.6 Å². The first-order valence-corrected chi connectivity index (χ1v) is 15.7. The Kier molecular flexibility index (Phi) is 17.3. The molecule has 0 aliphatic carbocycles. The maximum atomic E-state index is 12.9. The van der Waals surface area contributed by atoms with Crippen molar-refractivity contribution in [2.24, 2.45) is 0 Å². The number of rotatable bonds is 20. The van der Waals surface area contributed by atoms with Crippen LogP contribution in [0, 0.1) is 0 Å². The van der Waals surface area contributed by atoms with E-state index in [0.717, 1.165) is 29.8 Å². The number of nitrogens with zero attached hydrogens (tertiary/aromatic N) is 1. The topological polar surface area (TPSA) is 51.4 Å². The number of ether oxygens (including phenoxy) is 2. The molecule has 1 heterocycles. The minimum absolute atomic E-state index is 0. The summed E-state index contributed by atoms with van der Waals surface area (Å²) < 4.78 is 13.9. The van der Waals surface area contributed by atoms with Crippen molar-refractivity contribution in [2.45, 2.75) is 96.9 Å². The van der Waals surface area contributed by atoms with Crippen molar-refractivity contribution >= 4 is 22.9 Å². The largest absolute Gasteiger partial charge is 1.00 e. The number of hydrogen-bond donors (Lipinski definition) is 1. The van der Waals surface area contributed by atoms with Gasteiger partial charge in [-0.15, -0.1) is 0 Å². The number of carbonyl (C=O) groups excluding carboxylic acids is 1. The second kappa shape index (κ2) is 20.5. The Morgan fingerprint density at radius 2 is 1.57 bits per heavy atom. The van der Waals surface area contributed by atoms with Gasteiger partial charge in [-0.05, 0) is 24.6 Å². The predicted octanol–water partition coefficient (Wildman–Crippen LogP) is 5.36. The van der Waals surface area contributed by atoms with Gasteiger partial charge in [0.15, 0.2) is 24.2 Å². The highest BCUT2D eigenvalue weighted by Crippen LogP contribution is 2.32. The van der Waals surface area contributed by atoms with Crippen LogP contribution in [-0.2, 0) is 17.8 Å². The summed E-state index contributed by atoms with van der Waals surface area (Å²) in [5.74, 6) is 1.29. The normalized spacial score (nSPS) is 10.7. The fourth-order valence-electron chi connectivity index (χ4n) is 4.83. The molecule has 0 aliphatic heterocycles. The summed E-state index contributed by atoms with van der Waals surface area (Å²) in [5.41, 5.74) is 4.86. The molecule has 0 saturated heterocycles. The predicted molar refractivity (Wildman–Crippen MR) is 162 cm³/mol. The zero-order valence-electron chi connectivity index (χ0n) is 24.3. The van der Waals surface area contributed by atoms with E-state index in [0.29, 0.717) is 18.1 Å². The second-order valence-electron chi connectivity index (χ2n) is 10.3. The van der Waals surface area contributed by atoms with Crippen LogP contribution in [0.3, 0.4) is 0 Å². The van der Waals surface area contributed by atoms with Gasteiger partial charge in [0, 0.05) is 16.8 Å². The highest BCUT2D eigenvalue weighted by atomic mass is 79.9. The summed E-state index contributed by atoms with van der Waals surface area (Å²) in [5, 5.41) is 5.10. The first kappa shape index (κ1) is 33.8. The van der Waals surface area contributed by atoms with E-state index in [4.69, 9.17) is 9.47 Å². The van der Waals surface area contributed by atoms with Crippen molar-refractivity contribution in [1.82, 2.24) is 0 Å². The number of para-hydroxylation sites is 1. The molecule has 3 rings (SSSR count). The lowest BCUT2D eigenvalue weighted by Crippen LogP contribution is -3.00. The molecule has 0 radical (unpaired) electrons. The number of aromatic nitrogens is 1. The Morgan fingerprint density at radius 3 is 2.23 bits per heavy atom. The Balaban J connectivity index is 0.00000560. The number of methoxy groups -OCH3 is 1. The highest BCUT2D eigenvalue weighted by Gasteiger charge is 2.15. The number of unbranched alkanes of at least 4 members (excludes halogenated alkanes) is 11. The van der Waals surface area contributed by atoms with Crippen LogP contribution in [0.4, 0.5) is 5.69 Å². The van der Waals surface area contributed by atoms with Crippen LogP contribution in [0.5, 0.6) is 11.5 Å². The molecule has 220 valence electrons. The van der Waals surface area contributed by atoms with E-state index in [2.05, 4.69) is 40.0 Å². The standard InChI is InChI=1S/C33H46N2O3S.BrH/c1-3-4-5-6-7-8-9-10-11-12-13-14-22-38-33-29(18-16-20-31(33)37-2)25-32(36)34-30-19-15-17-28(24-30)26-35-21-23-39-27-35;/h15-21,23-24,27H,3-14,22,25-26H2,1-2H3;1H. The smallest absolute Gasteiger partial charge is 0.228 e. The summed E-state index contributed by atoms with van der Waals surface area (Å²) in [4.78, 5) is 12.9. The van der Waals surface area contributed by atoms with E-state index in [1.165, 1.54) is 70.6 Å². The summed E-state index contributed by atoms with van der Waals surface area (Å²) in [6, 6.07) is 13.8. The number of anilines is 1. The molecule has 5 nitrogen and oxygen atoms in total. The number of halogens is 1. The van der Waals surface area contributed by atoms with E-state index in [-0.39, 0.29) is 29.3 Å². The Bertz CT molecular complexity index is 1090. The van der Waals surface area contributed by atoms with Gasteiger partial charge in [0.2, 0.25) is 11.4 Å². The van der Waals surface area contributed by atoms with Crippen LogP contribution in [0.2, 0.25) is 0 Å². The van der Waals surface area contributed by atoms with Crippen LogP contribution in [0.25, 0.3) is 0 Å². The third kappa shape index (κ3) is 12.9. The molecule has 0 atom stereocenters. The molecule has 1 N–H and O–H groups in total. The van der Waals surface area contributed by atoms with Crippen molar-refractivity contribution in [3.63, 3.8) is 0 Å². The van der Waals surface area contributed by atoms with Crippen LogP contribution in [0.1, 0.15) is 95.1 Å². The molecule has 1 aromatic heterocycles. The van der Waals surface area contributed by atoms with E-state index in [1.54, 1.807) is 18.4 Å². The summed E-state index contributed by atoms with van der Waals surface area (Å²) in [6.45, 7) is 3.68. The molecule has 3 aromatic rings. The minimum Gasteiger partial charge on any atom is -1.00 e.